The molecule has 1 N–H and O–H groups in total. The zero-order chi connectivity index (χ0) is 20.1. The Hall–Kier alpha value is -2.14. The first-order valence-electron chi connectivity index (χ1n) is 10.3. The predicted octanol–water partition coefficient (Wildman–Crippen LogP) is 5.39. The number of hydrogen-bond donors (Lipinski definition) is 1. The molecule has 28 heavy (non-hydrogen) atoms. The molecule has 0 aliphatic heterocycles. The van der Waals surface area contributed by atoms with Gasteiger partial charge in [0.15, 0.2) is 0 Å². The van der Waals surface area contributed by atoms with Crippen molar-refractivity contribution in [2.75, 3.05) is 18.4 Å². The minimum absolute atomic E-state index is 0.0686. The van der Waals surface area contributed by atoms with Crippen molar-refractivity contribution in [3.63, 3.8) is 0 Å². The largest absolute Gasteiger partial charge is 0.339 e. The second-order valence-corrected chi connectivity index (χ2v) is 8.77. The summed E-state index contributed by atoms with van der Waals surface area (Å²) in [5.41, 5.74) is 2.51. The SMILES string of the molecule is CCCN(CCC)C(=O)c1c(NC(=O)c2ccccc2)sc2c1CC[C@H](C)C2. The van der Waals surface area contributed by atoms with Gasteiger partial charge in [-0.25, -0.2) is 0 Å². The Bertz CT molecular complexity index is 823. The minimum Gasteiger partial charge on any atom is -0.339 e. The summed E-state index contributed by atoms with van der Waals surface area (Å²) in [5.74, 6) is 0.534. The molecule has 3 rings (SSSR count). The number of rotatable bonds is 7. The van der Waals surface area contributed by atoms with Gasteiger partial charge in [0.25, 0.3) is 11.8 Å². The standard InChI is InChI=1S/C23H30N2O2S/c1-4-13-25(14-5-2)23(27)20-18-12-11-16(3)15-19(18)28-22(20)24-21(26)17-9-7-6-8-10-17/h6-10,16H,4-5,11-15H2,1-3H3,(H,24,26)/t16-/m0/s1. The molecule has 1 atom stereocenters. The van der Waals surface area contributed by atoms with Gasteiger partial charge in [-0.2, -0.15) is 0 Å². The van der Waals surface area contributed by atoms with Gasteiger partial charge in [0.2, 0.25) is 0 Å². The van der Waals surface area contributed by atoms with E-state index < -0.39 is 0 Å². The van der Waals surface area contributed by atoms with Crippen LogP contribution < -0.4 is 5.32 Å². The third-order valence-electron chi connectivity index (χ3n) is 5.26. The lowest BCUT2D eigenvalue weighted by atomic mass is 9.88. The van der Waals surface area contributed by atoms with Crippen molar-refractivity contribution >= 4 is 28.2 Å². The number of fused-ring (bicyclic) bond motifs is 1. The number of carbonyl (C=O) groups is 2. The van der Waals surface area contributed by atoms with Crippen molar-refractivity contribution in [2.24, 2.45) is 5.92 Å². The maximum Gasteiger partial charge on any atom is 0.257 e. The first kappa shape index (κ1) is 20.6. The Morgan fingerprint density at radius 1 is 1.14 bits per heavy atom. The molecule has 0 spiro atoms. The molecule has 150 valence electrons. The van der Waals surface area contributed by atoms with Gasteiger partial charge in [-0.3, -0.25) is 9.59 Å². The molecular formula is C23H30N2O2S. The number of benzene rings is 1. The molecule has 0 radical (unpaired) electrons. The summed E-state index contributed by atoms with van der Waals surface area (Å²) in [6, 6.07) is 9.20. The van der Waals surface area contributed by atoms with Crippen LogP contribution in [-0.4, -0.2) is 29.8 Å². The van der Waals surface area contributed by atoms with Gasteiger partial charge in [0, 0.05) is 23.5 Å². The van der Waals surface area contributed by atoms with E-state index in [2.05, 4.69) is 26.1 Å². The van der Waals surface area contributed by atoms with Crippen LogP contribution in [0.5, 0.6) is 0 Å². The van der Waals surface area contributed by atoms with Crippen LogP contribution in [0.4, 0.5) is 5.00 Å². The third-order valence-corrected chi connectivity index (χ3v) is 6.43. The normalized spacial score (nSPS) is 15.8. The summed E-state index contributed by atoms with van der Waals surface area (Å²) in [6.45, 7) is 7.95. The van der Waals surface area contributed by atoms with E-state index >= 15 is 0 Å². The Morgan fingerprint density at radius 2 is 1.82 bits per heavy atom. The van der Waals surface area contributed by atoms with Crippen LogP contribution in [0, 0.1) is 5.92 Å². The lowest BCUT2D eigenvalue weighted by molar-refractivity contribution is 0.0755. The molecule has 1 heterocycles. The van der Waals surface area contributed by atoms with E-state index in [0.29, 0.717) is 11.5 Å². The van der Waals surface area contributed by atoms with Crippen LogP contribution in [0.2, 0.25) is 0 Å². The van der Waals surface area contributed by atoms with Crippen molar-refractivity contribution in [2.45, 2.75) is 52.9 Å². The highest BCUT2D eigenvalue weighted by Gasteiger charge is 2.30. The van der Waals surface area contributed by atoms with E-state index in [1.54, 1.807) is 23.5 Å². The van der Waals surface area contributed by atoms with E-state index in [-0.39, 0.29) is 11.8 Å². The van der Waals surface area contributed by atoms with Crippen LogP contribution in [0.25, 0.3) is 0 Å². The van der Waals surface area contributed by atoms with Crippen LogP contribution in [0.1, 0.15) is 71.2 Å². The number of amides is 2. The number of carbonyl (C=O) groups excluding carboxylic acids is 2. The lowest BCUT2D eigenvalue weighted by Crippen LogP contribution is -2.33. The number of hydrogen-bond acceptors (Lipinski definition) is 3. The maximum absolute atomic E-state index is 13.5. The minimum atomic E-state index is -0.154. The van der Waals surface area contributed by atoms with E-state index in [1.165, 1.54) is 4.88 Å². The summed E-state index contributed by atoms with van der Waals surface area (Å²) in [6.07, 6.45) is 4.86. The van der Waals surface area contributed by atoms with Crippen molar-refractivity contribution in [3.8, 4) is 0 Å². The molecular weight excluding hydrogens is 368 g/mol. The molecule has 1 aliphatic carbocycles. The van der Waals surface area contributed by atoms with Crippen LogP contribution >= 0.6 is 11.3 Å². The van der Waals surface area contributed by atoms with Crippen LogP contribution in [0.3, 0.4) is 0 Å². The van der Waals surface area contributed by atoms with Crippen LogP contribution in [0.15, 0.2) is 30.3 Å². The number of nitrogens with one attached hydrogen (secondary N) is 1. The first-order valence-corrected chi connectivity index (χ1v) is 11.2. The third kappa shape index (κ3) is 4.46. The molecule has 1 aromatic heterocycles. The number of anilines is 1. The average molecular weight is 399 g/mol. The summed E-state index contributed by atoms with van der Waals surface area (Å²) in [7, 11) is 0. The van der Waals surface area contributed by atoms with Crippen molar-refractivity contribution < 1.29 is 9.59 Å². The molecule has 4 nitrogen and oxygen atoms in total. The molecule has 0 fully saturated rings. The van der Waals surface area contributed by atoms with Gasteiger partial charge in [0.05, 0.1) is 5.56 Å². The lowest BCUT2D eigenvalue weighted by Gasteiger charge is -2.24. The van der Waals surface area contributed by atoms with E-state index in [9.17, 15) is 9.59 Å². The summed E-state index contributed by atoms with van der Waals surface area (Å²) in [5, 5.41) is 3.77. The quantitative estimate of drug-likeness (QED) is 0.680. The number of nitrogens with zero attached hydrogens (tertiary/aromatic N) is 1. The molecule has 0 saturated carbocycles. The molecule has 1 aromatic carbocycles. The van der Waals surface area contributed by atoms with Crippen LogP contribution in [-0.2, 0) is 12.8 Å². The fourth-order valence-corrected chi connectivity index (χ4v) is 5.24. The monoisotopic (exact) mass is 398 g/mol. The Kier molecular flexibility index (Phi) is 6.89. The molecule has 2 amide bonds. The maximum atomic E-state index is 13.5. The smallest absolute Gasteiger partial charge is 0.257 e. The topological polar surface area (TPSA) is 49.4 Å². The fraction of sp³-hybridized carbons (Fsp3) is 0.478. The molecule has 5 heteroatoms. The van der Waals surface area contributed by atoms with Gasteiger partial charge in [-0.05, 0) is 55.7 Å². The predicted molar refractivity (Wildman–Crippen MR) is 116 cm³/mol. The Balaban J connectivity index is 1.97. The van der Waals surface area contributed by atoms with E-state index in [1.807, 2.05) is 23.1 Å². The highest BCUT2D eigenvalue weighted by atomic mass is 32.1. The van der Waals surface area contributed by atoms with Crippen molar-refractivity contribution in [3.05, 3.63) is 51.9 Å². The van der Waals surface area contributed by atoms with Gasteiger partial charge < -0.3 is 10.2 Å². The Morgan fingerprint density at radius 3 is 2.46 bits per heavy atom. The molecule has 0 saturated heterocycles. The fourth-order valence-electron chi connectivity index (χ4n) is 3.84. The highest BCUT2D eigenvalue weighted by Crippen LogP contribution is 2.40. The van der Waals surface area contributed by atoms with Crippen molar-refractivity contribution in [1.82, 2.24) is 4.90 Å². The molecule has 0 bridgehead atoms. The summed E-state index contributed by atoms with van der Waals surface area (Å²) >= 11 is 1.59. The molecule has 0 unspecified atom stereocenters. The Labute approximate surface area is 172 Å². The molecule has 1 aliphatic rings. The summed E-state index contributed by atoms with van der Waals surface area (Å²) in [4.78, 5) is 29.4. The first-order chi connectivity index (χ1) is 13.5. The van der Waals surface area contributed by atoms with Gasteiger partial charge >= 0.3 is 0 Å². The van der Waals surface area contributed by atoms with E-state index in [4.69, 9.17) is 0 Å². The van der Waals surface area contributed by atoms with Gasteiger partial charge in [-0.15, -0.1) is 11.3 Å². The molecule has 2 aromatic rings. The number of thiophene rings is 1. The zero-order valence-corrected chi connectivity index (χ0v) is 17.9. The average Bonchev–Trinajstić information content (AvgIpc) is 3.04. The van der Waals surface area contributed by atoms with Gasteiger partial charge in [-0.1, -0.05) is 39.0 Å². The summed E-state index contributed by atoms with van der Waals surface area (Å²) < 4.78 is 0. The highest BCUT2D eigenvalue weighted by molar-refractivity contribution is 7.17. The second kappa shape index (κ2) is 9.37. The van der Waals surface area contributed by atoms with Crippen molar-refractivity contribution in [1.29, 1.82) is 0 Å². The van der Waals surface area contributed by atoms with Gasteiger partial charge in [0.1, 0.15) is 5.00 Å². The second-order valence-electron chi connectivity index (χ2n) is 7.67. The zero-order valence-electron chi connectivity index (χ0n) is 17.1. The van der Waals surface area contributed by atoms with E-state index in [0.717, 1.165) is 61.3 Å².